The number of nitrogens with zero attached hydrogens (tertiary/aromatic N) is 4. The van der Waals surface area contributed by atoms with E-state index in [4.69, 9.17) is 9.47 Å². The summed E-state index contributed by atoms with van der Waals surface area (Å²) >= 11 is 0. The fourth-order valence-electron chi connectivity index (χ4n) is 3.22. The Morgan fingerprint density at radius 3 is 2.59 bits per heavy atom. The molecular formula is C21H24N6O2. The summed E-state index contributed by atoms with van der Waals surface area (Å²) in [4.78, 5) is 15.9. The molecule has 29 heavy (non-hydrogen) atoms. The van der Waals surface area contributed by atoms with Crippen LogP contribution >= 0.6 is 0 Å². The highest BCUT2D eigenvalue weighted by Gasteiger charge is 2.12. The van der Waals surface area contributed by atoms with Crippen molar-refractivity contribution < 1.29 is 9.47 Å². The molecular weight excluding hydrogens is 368 g/mol. The molecule has 0 amide bonds. The van der Waals surface area contributed by atoms with Crippen LogP contribution in [-0.4, -0.2) is 55.4 Å². The van der Waals surface area contributed by atoms with Gasteiger partial charge in [-0.05, 0) is 30.3 Å². The molecule has 1 aliphatic rings. The molecule has 3 heterocycles. The van der Waals surface area contributed by atoms with Gasteiger partial charge in [0.2, 0.25) is 5.95 Å². The highest BCUT2D eigenvalue weighted by Crippen LogP contribution is 2.31. The first kappa shape index (κ1) is 18.9. The number of rotatable bonds is 6. The number of benzene rings is 1. The molecule has 1 aromatic carbocycles. The van der Waals surface area contributed by atoms with Gasteiger partial charge in [0.15, 0.2) is 0 Å². The number of anilines is 3. The molecule has 8 nitrogen and oxygen atoms in total. The minimum Gasteiger partial charge on any atom is -0.497 e. The Balaban J connectivity index is 1.53. The number of hydrogen-bond donors (Lipinski definition) is 2. The van der Waals surface area contributed by atoms with Crippen LogP contribution in [0.4, 0.5) is 17.5 Å². The van der Waals surface area contributed by atoms with Crippen molar-refractivity contribution in [2.45, 2.75) is 0 Å². The van der Waals surface area contributed by atoms with Crippen molar-refractivity contribution in [1.82, 2.24) is 20.3 Å². The molecule has 2 aromatic heterocycles. The van der Waals surface area contributed by atoms with Gasteiger partial charge in [-0.3, -0.25) is 0 Å². The molecule has 1 saturated heterocycles. The molecule has 2 N–H and O–H groups in total. The summed E-state index contributed by atoms with van der Waals surface area (Å²) in [7, 11) is 3.23. The standard InChI is InChI=1S/C21H24N6O2/c1-28-16-4-5-18(19(13-16)29-2)26-21-23-8-7-17(25-21)15-3-6-20(24-14-15)27-11-9-22-10-12-27/h3-8,13-14,22H,9-12H2,1-2H3,(H,23,25,26). The van der Waals surface area contributed by atoms with E-state index in [2.05, 4.69) is 30.5 Å². The third-order valence-electron chi connectivity index (χ3n) is 4.80. The number of piperazine rings is 1. The van der Waals surface area contributed by atoms with Gasteiger partial charge < -0.3 is 25.0 Å². The Labute approximate surface area is 169 Å². The van der Waals surface area contributed by atoms with Crippen LogP contribution in [0.2, 0.25) is 0 Å². The second-order valence-electron chi connectivity index (χ2n) is 6.60. The number of nitrogens with one attached hydrogen (secondary N) is 2. The Morgan fingerprint density at radius 2 is 1.86 bits per heavy atom. The van der Waals surface area contributed by atoms with Gasteiger partial charge in [0.05, 0.1) is 25.6 Å². The van der Waals surface area contributed by atoms with Gasteiger partial charge in [-0.1, -0.05) is 0 Å². The fraction of sp³-hybridized carbons (Fsp3) is 0.286. The zero-order valence-electron chi connectivity index (χ0n) is 16.6. The molecule has 0 aliphatic carbocycles. The monoisotopic (exact) mass is 392 g/mol. The van der Waals surface area contributed by atoms with Crippen LogP contribution in [0.3, 0.4) is 0 Å². The van der Waals surface area contributed by atoms with Gasteiger partial charge in [0.25, 0.3) is 0 Å². The highest BCUT2D eigenvalue weighted by molar-refractivity contribution is 5.66. The van der Waals surface area contributed by atoms with Crippen LogP contribution in [-0.2, 0) is 0 Å². The number of ether oxygens (including phenoxy) is 2. The van der Waals surface area contributed by atoms with Gasteiger partial charge >= 0.3 is 0 Å². The maximum absolute atomic E-state index is 5.43. The van der Waals surface area contributed by atoms with E-state index in [0.717, 1.165) is 54.7 Å². The van der Waals surface area contributed by atoms with Crippen LogP contribution < -0.4 is 25.0 Å². The molecule has 8 heteroatoms. The van der Waals surface area contributed by atoms with Gasteiger partial charge in [0, 0.05) is 50.2 Å². The van der Waals surface area contributed by atoms with Gasteiger partial charge in [-0.15, -0.1) is 0 Å². The summed E-state index contributed by atoms with van der Waals surface area (Å²) in [6.07, 6.45) is 3.59. The van der Waals surface area contributed by atoms with Crippen LogP contribution in [0.5, 0.6) is 11.5 Å². The lowest BCUT2D eigenvalue weighted by Crippen LogP contribution is -2.43. The van der Waals surface area contributed by atoms with Crippen LogP contribution in [0.25, 0.3) is 11.3 Å². The molecule has 0 atom stereocenters. The van der Waals surface area contributed by atoms with E-state index < -0.39 is 0 Å². The van der Waals surface area contributed by atoms with Gasteiger partial charge in [-0.25, -0.2) is 15.0 Å². The lowest BCUT2D eigenvalue weighted by molar-refractivity contribution is 0.395. The van der Waals surface area contributed by atoms with Crippen LogP contribution in [0, 0.1) is 0 Å². The highest BCUT2D eigenvalue weighted by atomic mass is 16.5. The topological polar surface area (TPSA) is 84.4 Å². The largest absolute Gasteiger partial charge is 0.497 e. The van der Waals surface area contributed by atoms with E-state index in [1.165, 1.54) is 0 Å². The number of methoxy groups -OCH3 is 2. The predicted molar refractivity (Wildman–Crippen MR) is 113 cm³/mol. The number of pyridine rings is 1. The summed E-state index contributed by atoms with van der Waals surface area (Å²) in [5, 5.41) is 6.56. The number of aromatic nitrogens is 3. The SMILES string of the molecule is COc1ccc(Nc2nccc(-c3ccc(N4CCNCC4)nc3)n2)c(OC)c1. The smallest absolute Gasteiger partial charge is 0.227 e. The van der Waals surface area contributed by atoms with Crippen molar-refractivity contribution >= 4 is 17.5 Å². The first-order valence-corrected chi connectivity index (χ1v) is 9.51. The Morgan fingerprint density at radius 1 is 1.00 bits per heavy atom. The molecule has 1 fully saturated rings. The Bertz CT molecular complexity index is 958. The minimum absolute atomic E-state index is 0.483. The lowest BCUT2D eigenvalue weighted by atomic mass is 10.2. The lowest BCUT2D eigenvalue weighted by Gasteiger charge is -2.28. The Hall–Kier alpha value is -3.39. The van der Waals surface area contributed by atoms with Crippen molar-refractivity contribution in [1.29, 1.82) is 0 Å². The second kappa shape index (κ2) is 8.74. The number of hydrogen-bond acceptors (Lipinski definition) is 8. The average Bonchev–Trinajstić information content (AvgIpc) is 2.80. The van der Waals surface area contributed by atoms with Crippen molar-refractivity contribution in [3.8, 4) is 22.8 Å². The summed E-state index contributed by atoms with van der Waals surface area (Å²) in [6.45, 7) is 3.91. The van der Waals surface area contributed by atoms with Crippen LogP contribution in [0.15, 0.2) is 48.8 Å². The molecule has 0 saturated carbocycles. The maximum atomic E-state index is 5.43. The third-order valence-corrected chi connectivity index (χ3v) is 4.80. The maximum Gasteiger partial charge on any atom is 0.227 e. The Kier molecular flexibility index (Phi) is 5.71. The van der Waals surface area contributed by atoms with E-state index in [-0.39, 0.29) is 0 Å². The minimum atomic E-state index is 0.483. The van der Waals surface area contributed by atoms with Gasteiger partial charge in [-0.2, -0.15) is 0 Å². The summed E-state index contributed by atoms with van der Waals surface area (Å²) in [5.74, 6) is 2.85. The van der Waals surface area contributed by atoms with E-state index in [9.17, 15) is 0 Å². The molecule has 0 radical (unpaired) electrons. The zero-order chi connectivity index (χ0) is 20.1. The third kappa shape index (κ3) is 4.38. The van der Waals surface area contributed by atoms with Crippen LogP contribution in [0.1, 0.15) is 0 Å². The fourth-order valence-corrected chi connectivity index (χ4v) is 3.22. The van der Waals surface area contributed by atoms with Crippen molar-refractivity contribution in [3.63, 3.8) is 0 Å². The molecule has 1 aliphatic heterocycles. The molecule has 0 bridgehead atoms. The predicted octanol–water partition coefficient (Wildman–Crippen LogP) is 2.71. The zero-order valence-corrected chi connectivity index (χ0v) is 16.6. The molecule has 3 aromatic rings. The molecule has 150 valence electrons. The first-order chi connectivity index (χ1) is 14.3. The normalized spacial score (nSPS) is 13.8. The second-order valence-corrected chi connectivity index (χ2v) is 6.60. The van der Waals surface area contributed by atoms with Crippen molar-refractivity contribution in [3.05, 3.63) is 48.8 Å². The van der Waals surface area contributed by atoms with E-state index in [1.54, 1.807) is 20.4 Å². The van der Waals surface area contributed by atoms with Crippen molar-refractivity contribution in [2.24, 2.45) is 0 Å². The molecule has 4 rings (SSSR count). The van der Waals surface area contributed by atoms with E-state index in [1.807, 2.05) is 42.6 Å². The molecule has 0 spiro atoms. The van der Waals surface area contributed by atoms with Crippen molar-refractivity contribution in [2.75, 3.05) is 50.6 Å². The summed E-state index contributed by atoms with van der Waals surface area (Å²) < 4.78 is 10.7. The summed E-state index contributed by atoms with van der Waals surface area (Å²) in [5.41, 5.74) is 2.50. The van der Waals surface area contributed by atoms with E-state index in [0.29, 0.717) is 11.7 Å². The summed E-state index contributed by atoms with van der Waals surface area (Å²) in [6, 6.07) is 11.5. The quantitative estimate of drug-likeness (QED) is 0.662. The average molecular weight is 392 g/mol. The van der Waals surface area contributed by atoms with Gasteiger partial charge in [0.1, 0.15) is 17.3 Å². The molecule has 0 unspecified atom stereocenters. The van der Waals surface area contributed by atoms with E-state index >= 15 is 0 Å². The first-order valence-electron chi connectivity index (χ1n) is 9.51.